The molecule has 1 aliphatic rings. The van der Waals surface area contributed by atoms with Gasteiger partial charge in [-0.1, -0.05) is 23.8 Å². The van der Waals surface area contributed by atoms with Crippen LogP contribution in [-0.2, 0) is 0 Å². The SMILES string of the molecule is COc1cccc(-c2ocnc2C(=O)NCCC2=CCCCC2)c1. The number of allylic oxidation sites excluding steroid dienone is 1. The van der Waals surface area contributed by atoms with Gasteiger partial charge in [-0.2, -0.15) is 0 Å². The molecule has 3 rings (SSSR count). The van der Waals surface area contributed by atoms with Gasteiger partial charge in [-0.3, -0.25) is 4.79 Å². The summed E-state index contributed by atoms with van der Waals surface area (Å²) >= 11 is 0. The average Bonchev–Trinajstić information content (AvgIpc) is 3.12. The lowest BCUT2D eigenvalue weighted by atomic mass is 9.97. The Labute approximate surface area is 141 Å². The van der Waals surface area contributed by atoms with Gasteiger partial charge >= 0.3 is 0 Å². The second kappa shape index (κ2) is 7.81. The lowest BCUT2D eigenvalue weighted by Gasteiger charge is -2.12. The highest BCUT2D eigenvalue weighted by Gasteiger charge is 2.18. The molecule has 24 heavy (non-hydrogen) atoms. The van der Waals surface area contributed by atoms with Crippen LogP contribution in [0.5, 0.6) is 5.75 Å². The van der Waals surface area contributed by atoms with E-state index < -0.39 is 0 Å². The normalized spacial score (nSPS) is 14.1. The van der Waals surface area contributed by atoms with Gasteiger partial charge in [0.25, 0.3) is 5.91 Å². The number of nitrogens with one attached hydrogen (secondary N) is 1. The predicted molar refractivity (Wildman–Crippen MR) is 92.0 cm³/mol. The van der Waals surface area contributed by atoms with Gasteiger partial charge in [0.1, 0.15) is 5.75 Å². The Morgan fingerprint density at radius 3 is 3.08 bits per heavy atom. The van der Waals surface area contributed by atoms with Gasteiger partial charge in [-0.25, -0.2) is 4.98 Å². The van der Waals surface area contributed by atoms with Gasteiger partial charge in [0.15, 0.2) is 17.8 Å². The minimum Gasteiger partial charge on any atom is -0.497 e. The number of amides is 1. The van der Waals surface area contributed by atoms with Gasteiger partial charge < -0.3 is 14.5 Å². The van der Waals surface area contributed by atoms with E-state index in [1.165, 1.54) is 24.8 Å². The first kappa shape index (κ1) is 16.3. The van der Waals surface area contributed by atoms with E-state index in [4.69, 9.17) is 9.15 Å². The summed E-state index contributed by atoms with van der Waals surface area (Å²) in [6.45, 7) is 0.620. The summed E-state index contributed by atoms with van der Waals surface area (Å²) in [4.78, 5) is 16.5. The number of nitrogens with zero attached hydrogens (tertiary/aromatic N) is 1. The molecule has 0 fully saturated rings. The molecule has 1 aromatic carbocycles. The molecule has 1 amide bonds. The smallest absolute Gasteiger partial charge is 0.273 e. The highest BCUT2D eigenvalue weighted by Crippen LogP contribution is 2.26. The topological polar surface area (TPSA) is 64.4 Å². The molecule has 5 nitrogen and oxygen atoms in total. The van der Waals surface area contributed by atoms with Crippen LogP contribution in [0.1, 0.15) is 42.6 Å². The molecule has 1 aromatic heterocycles. The van der Waals surface area contributed by atoms with Crippen LogP contribution in [0.25, 0.3) is 11.3 Å². The molecule has 2 aromatic rings. The third kappa shape index (κ3) is 3.85. The van der Waals surface area contributed by atoms with Crippen molar-refractivity contribution in [3.8, 4) is 17.1 Å². The fraction of sp³-hybridized carbons (Fsp3) is 0.368. The molecule has 0 atom stereocenters. The van der Waals surface area contributed by atoms with Crippen LogP contribution in [-0.4, -0.2) is 24.5 Å². The first-order valence-corrected chi connectivity index (χ1v) is 8.32. The summed E-state index contributed by atoms with van der Waals surface area (Å²) in [6, 6.07) is 7.39. The Balaban J connectivity index is 1.65. The standard InChI is InChI=1S/C19H22N2O3/c1-23-16-9-5-8-15(12-16)18-17(21-13-24-18)19(22)20-11-10-14-6-3-2-4-7-14/h5-6,8-9,12-13H,2-4,7,10-11H2,1H3,(H,20,22). The Morgan fingerprint density at radius 2 is 2.29 bits per heavy atom. The molecule has 1 aliphatic carbocycles. The van der Waals surface area contributed by atoms with Crippen molar-refractivity contribution < 1.29 is 13.9 Å². The van der Waals surface area contributed by atoms with Crippen LogP contribution >= 0.6 is 0 Å². The van der Waals surface area contributed by atoms with Gasteiger partial charge in [-0.05, 0) is 44.2 Å². The van der Waals surface area contributed by atoms with E-state index in [9.17, 15) is 4.79 Å². The third-order valence-corrected chi connectivity index (χ3v) is 4.23. The van der Waals surface area contributed by atoms with Crippen molar-refractivity contribution in [3.63, 3.8) is 0 Å². The van der Waals surface area contributed by atoms with Crippen LogP contribution in [0.3, 0.4) is 0 Å². The van der Waals surface area contributed by atoms with Crippen LogP contribution in [0.2, 0.25) is 0 Å². The van der Waals surface area contributed by atoms with Gasteiger partial charge in [0, 0.05) is 12.1 Å². The fourth-order valence-corrected chi connectivity index (χ4v) is 2.93. The lowest BCUT2D eigenvalue weighted by Crippen LogP contribution is -2.25. The quantitative estimate of drug-likeness (QED) is 0.816. The summed E-state index contributed by atoms with van der Waals surface area (Å²) < 4.78 is 10.6. The van der Waals surface area contributed by atoms with E-state index in [0.29, 0.717) is 23.7 Å². The van der Waals surface area contributed by atoms with E-state index in [0.717, 1.165) is 24.8 Å². The van der Waals surface area contributed by atoms with E-state index in [2.05, 4.69) is 16.4 Å². The molecule has 0 saturated carbocycles. The molecule has 1 heterocycles. The van der Waals surface area contributed by atoms with Crippen molar-refractivity contribution in [2.45, 2.75) is 32.1 Å². The van der Waals surface area contributed by atoms with Gasteiger partial charge in [0.05, 0.1) is 7.11 Å². The first-order valence-electron chi connectivity index (χ1n) is 8.32. The van der Waals surface area contributed by atoms with Crippen LogP contribution < -0.4 is 10.1 Å². The van der Waals surface area contributed by atoms with Gasteiger partial charge in [-0.15, -0.1) is 0 Å². The molecule has 5 heteroatoms. The molecule has 0 saturated heterocycles. The van der Waals surface area contributed by atoms with Crippen LogP contribution in [0.4, 0.5) is 0 Å². The highest BCUT2D eigenvalue weighted by molar-refractivity contribution is 5.97. The number of carbonyl (C=O) groups excluding carboxylic acids is 1. The number of aromatic nitrogens is 1. The second-order valence-corrected chi connectivity index (χ2v) is 5.88. The van der Waals surface area contributed by atoms with Crippen molar-refractivity contribution in [1.29, 1.82) is 0 Å². The van der Waals surface area contributed by atoms with Crippen molar-refractivity contribution in [1.82, 2.24) is 10.3 Å². The zero-order chi connectivity index (χ0) is 16.8. The minimum atomic E-state index is -0.210. The summed E-state index contributed by atoms with van der Waals surface area (Å²) in [5.74, 6) is 0.959. The predicted octanol–water partition coefficient (Wildman–Crippen LogP) is 3.97. The number of oxazole rings is 1. The zero-order valence-corrected chi connectivity index (χ0v) is 13.9. The molecule has 0 radical (unpaired) electrons. The largest absolute Gasteiger partial charge is 0.497 e. The van der Waals surface area contributed by atoms with E-state index in [1.54, 1.807) is 7.11 Å². The summed E-state index contributed by atoms with van der Waals surface area (Å²) in [6.07, 6.45) is 9.34. The molecule has 0 aliphatic heterocycles. The molecule has 0 bridgehead atoms. The Bertz CT molecular complexity index is 734. The van der Waals surface area contributed by atoms with E-state index in [1.807, 2.05) is 24.3 Å². The van der Waals surface area contributed by atoms with Crippen LogP contribution in [0.15, 0.2) is 46.7 Å². The number of hydrogen-bond donors (Lipinski definition) is 1. The zero-order valence-electron chi connectivity index (χ0n) is 13.9. The van der Waals surface area contributed by atoms with Gasteiger partial charge in [0.2, 0.25) is 0 Å². The summed E-state index contributed by atoms with van der Waals surface area (Å²) in [5.41, 5.74) is 2.52. The number of carbonyl (C=O) groups is 1. The molecule has 126 valence electrons. The Morgan fingerprint density at radius 1 is 1.38 bits per heavy atom. The minimum absolute atomic E-state index is 0.210. The fourth-order valence-electron chi connectivity index (χ4n) is 2.93. The van der Waals surface area contributed by atoms with E-state index >= 15 is 0 Å². The maximum Gasteiger partial charge on any atom is 0.273 e. The maximum absolute atomic E-state index is 12.4. The maximum atomic E-state index is 12.4. The Hall–Kier alpha value is -2.56. The first-order chi connectivity index (χ1) is 11.8. The van der Waals surface area contributed by atoms with Crippen LogP contribution in [0, 0.1) is 0 Å². The highest BCUT2D eigenvalue weighted by atomic mass is 16.5. The lowest BCUT2D eigenvalue weighted by molar-refractivity contribution is 0.0950. The number of ether oxygens (including phenoxy) is 1. The van der Waals surface area contributed by atoms with E-state index in [-0.39, 0.29) is 5.91 Å². The summed E-state index contributed by atoms with van der Waals surface area (Å²) in [5, 5.41) is 2.94. The molecule has 1 N–H and O–H groups in total. The van der Waals surface area contributed by atoms with Crippen molar-refractivity contribution in [2.24, 2.45) is 0 Å². The third-order valence-electron chi connectivity index (χ3n) is 4.23. The van der Waals surface area contributed by atoms with Crippen molar-refractivity contribution in [3.05, 3.63) is 48.0 Å². The molecular weight excluding hydrogens is 304 g/mol. The molecular formula is C19H22N2O3. The van der Waals surface area contributed by atoms with Crippen molar-refractivity contribution in [2.75, 3.05) is 13.7 Å². The molecule has 0 spiro atoms. The van der Waals surface area contributed by atoms with Crippen molar-refractivity contribution >= 4 is 5.91 Å². The summed E-state index contributed by atoms with van der Waals surface area (Å²) in [7, 11) is 1.60. The number of hydrogen-bond acceptors (Lipinski definition) is 4. The average molecular weight is 326 g/mol. The second-order valence-electron chi connectivity index (χ2n) is 5.88. The molecule has 0 unspecified atom stereocenters. The number of benzene rings is 1. The Kier molecular flexibility index (Phi) is 5.31. The monoisotopic (exact) mass is 326 g/mol. The number of rotatable bonds is 6. The number of methoxy groups -OCH3 is 1.